The molecule has 4 rings (SSSR count). The number of benzene rings is 2. The number of hydrogen-bond acceptors (Lipinski definition) is 5. The number of rotatable bonds is 3. The van der Waals surface area contributed by atoms with Gasteiger partial charge in [-0.2, -0.15) is 0 Å². The van der Waals surface area contributed by atoms with Crippen LogP contribution < -0.4 is 5.32 Å². The van der Waals surface area contributed by atoms with Crippen molar-refractivity contribution < 1.29 is 13.2 Å². The first-order valence-electron chi connectivity index (χ1n) is 7.99. The van der Waals surface area contributed by atoms with Gasteiger partial charge in [0.15, 0.2) is 17.5 Å². The lowest BCUT2D eigenvalue weighted by Gasteiger charge is -2.12. The fourth-order valence-electron chi connectivity index (χ4n) is 2.82. The molecule has 0 aliphatic rings. The number of halogens is 3. The zero-order valence-corrected chi connectivity index (χ0v) is 14.0. The van der Waals surface area contributed by atoms with E-state index in [1.807, 2.05) is 0 Å². The third-order valence-corrected chi connectivity index (χ3v) is 4.07. The van der Waals surface area contributed by atoms with Crippen molar-refractivity contribution in [2.75, 3.05) is 12.4 Å². The topological polar surface area (TPSA) is 63.6 Å². The minimum Gasteiger partial charge on any atom is -0.372 e. The van der Waals surface area contributed by atoms with Gasteiger partial charge in [0, 0.05) is 30.6 Å². The molecule has 0 spiro atoms. The molecule has 0 amide bonds. The number of hydrogen-bond donors (Lipinski definition) is 1. The Hall–Kier alpha value is -3.55. The van der Waals surface area contributed by atoms with Crippen molar-refractivity contribution in [2.45, 2.75) is 0 Å². The van der Waals surface area contributed by atoms with E-state index in [4.69, 9.17) is 0 Å². The highest BCUT2D eigenvalue weighted by atomic mass is 19.2. The zero-order chi connectivity index (χ0) is 19.0. The molecule has 0 saturated carbocycles. The van der Waals surface area contributed by atoms with E-state index in [0.717, 1.165) is 6.07 Å². The van der Waals surface area contributed by atoms with Gasteiger partial charge in [-0.1, -0.05) is 12.1 Å². The van der Waals surface area contributed by atoms with Crippen molar-refractivity contribution in [1.29, 1.82) is 0 Å². The fourth-order valence-corrected chi connectivity index (χ4v) is 2.82. The Kier molecular flexibility index (Phi) is 4.15. The van der Waals surface area contributed by atoms with Gasteiger partial charge in [0.25, 0.3) is 0 Å². The number of nitrogens with zero attached hydrogens (tertiary/aromatic N) is 4. The first-order chi connectivity index (χ1) is 13.1. The van der Waals surface area contributed by atoms with Gasteiger partial charge < -0.3 is 5.32 Å². The Morgan fingerprint density at radius 1 is 0.889 bits per heavy atom. The summed E-state index contributed by atoms with van der Waals surface area (Å²) < 4.78 is 42.9. The van der Waals surface area contributed by atoms with Crippen LogP contribution in [-0.4, -0.2) is 27.0 Å². The zero-order valence-electron chi connectivity index (χ0n) is 14.0. The molecule has 2 aromatic carbocycles. The highest BCUT2D eigenvalue weighted by Gasteiger charge is 2.19. The maximum absolute atomic E-state index is 15.2. The van der Waals surface area contributed by atoms with E-state index in [9.17, 15) is 8.78 Å². The van der Waals surface area contributed by atoms with E-state index in [0.29, 0.717) is 11.2 Å². The second-order valence-corrected chi connectivity index (χ2v) is 5.66. The van der Waals surface area contributed by atoms with Gasteiger partial charge in [-0.25, -0.2) is 28.1 Å². The molecule has 2 aromatic heterocycles. The van der Waals surface area contributed by atoms with E-state index in [1.165, 1.54) is 42.9 Å². The molecule has 0 unspecified atom stereocenters. The van der Waals surface area contributed by atoms with E-state index >= 15 is 4.39 Å². The quantitative estimate of drug-likeness (QED) is 0.588. The summed E-state index contributed by atoms with van der Waals surface area (Å²) in [7, 11) is 1.58. The number of aromatic nitrogens is 4. The average Bonchev–Trinajstić information content (AvgIpc) is 2.70. The summed E-state index contributed by atoms with van der Waals surface area (Å²) >= 11 is 0. The van der Waals surface area contributed by atoms with Gasteiger partial charge in [0.2, 0.25) is 0 Å². The lowest BCUT2D eigenvalue weighted by Crippen LogP contribution is -2.02. The SMILES string of the molecule is CNc1nc(-c2cnccn2)nc2ccc(-c3cccc(F)c3F)c(F)c12. The van der Waals surface area contributed by atoms with Crippen LogP contribution in [-0.2, 0) is 0 Å². The van der Waals surface area contributed by atoms with Gasteiger partial charge in [-0.15, -0.1) is 0 Å². The summed E-state index contributed by atoms with van der Waals surface area (Å²) in [4.78, 5) is 16.7. The van der Waals surface area contributed by atoms with E-state index in [1.54, 1.807) is 7.05 Å². The summed E-state index contributed by atoms with van der Waals surface area (Å²) in [6.07, 6.45) is 4.51. The number of anilines is 1. The highest BCUT2D eigenvalue weighted by Crippen LogP contribution is 2.34. The van der Waals surface area contributed by atoms with E-state index in [2.05, 4.69) is 25.3 Å². The van der Waals surface area contributed by atoms with Crippen LogP contribution >= 0.6 is 0 Å². The molecule has 5 nitrogen and oxygen atoms in total. The Morgan fingerprint density at radius 3 is 2.44 bits per heavy atom. The minimum absolute atomic E-state index is 0.0753. The molecule has 1 N–H and O–H groups in total. The van der Waals surface area contributed by atoms with Crippen LogP contribution in [0.25, 0.3) is 33.5 Å². The Labute approximate surface area is 152 Å². The number of fused-ring (bicyclic) bond motifs is 1. The van der Waals surface area contributed by atoms with E-state index < -0.39 is 17.5 Å². The normalized spacial score (nSPS) is 11.0. The van der Waals surface area contributed by atoms with Crippen molar-refractivity contribution >= 4 is 16.7 Å². The summed E-state index contributed by atoms with van der Waals surface area (Å²) in [5, 5.41) is 2.89. The molecule has 0 fully saturated rings. The summed E-state index contributed by atoms with van der Waals surface area (Å²) in [6, 6.07) is 6.51. The van der Waals surface area contributed by atoms with Crippen molar-refractivity contribution in [1.82, 2.24) is 19.9 Å². The molecule has 0 radical (unpaired) electrons. The average molecular weight is 367 g/mol. The van der Waals surface area contributed by atoms with Crippen LogP contribution in [0.5, 0.6) is 0 Å². The van der Waals surface area contributed by atoms with Crippen LogP contribution in [0.4, 0.5) is 19.0 Å². The van der Waals surface area contributed by atoms with Crippen molar-refractivity contribution in [2.24, 2.45) is 0 Å². The van der Waals surface area contributed by atoms with Crippen LogP contribution in [0, 0.1) is 17.5 Å². The smallest absolute Gasteiger partial charge is 0.182 e. The lowest BCUT2D eigenvalue weighted by molar-refractivity contribution is 0.510. The van der Waals surface area contributed by atoms with Gasteiger partial charge in [-0.3, -0.25) is 4.98 Å². The van der Waals surface area contributed by atoms with Crippen molar-refractivity contribution in [3.05, 3.63) is 66.4 Å². The van der Waals surface area contributed by atoms with Crippen LogP contribution in [0.3, 0.4) is 0 Å². The second kappa shape index (κ2) is 6.64. The third kappa shape index (κ3) is 2.84. The Bertz CT molecular complexity index is 1150. The molecule has 8 heteroatoms. The first-order valence-corrected chi connectivity index (χ1v) is 7.99. The summed E-state index contributed by atoms with van der Waals surface area (Å²) in [5.74, 6) is -2.43. The molecule has 134 valence electrons. The molecule has 27 heavy (non-hydrogen) atoms. The first kappa shape index (κ1) is 16.9. The lowest BCUT2D eigenvalue weighted by atomic mass is 10.0. The molecule has 0 saturated heterocycles. The Balaban J connectivity index is 1.97. The summed E-state index contributed by atoms with van der Waals surface area (Å²) in [6.45, 7) is 0. The Morgan fingerprint density at radius 2 is 1.70 bits per heavy atom. The summed E-state index contributed by atoms with van der Waals surface area (Å²) in [5.41, 5.74) is 0.478. The fraction of sp³-hybridized carbons (Fsp3) is 0.0526. The molecule has 0 atom stereocenters. The molecular weight excluding hydrogens is 355 g/mol. The van der Waals surface area contributed by atoms with Crippen LogP contribution in [0.1, 0.15) is 0 Å². The predicted molar refractivity (Wildman–Crippen MR) is 95.4 cm³/mol. The highest BCUT2D eigenvalue weighted by molar-refractivity contribution is 5.94. The van der Waals surface area contributed by atoms with Crippen molar-refractivity contribution in [3.8, 4) is 22.6 Å². The van der Waals surface area contributed by atoms with Crippen LogP contribution in [0.2, 0.25) is 0 Å². The molecule has 2 heterocycles. The monoisotopic (exact) mass is 367 g/mol. The standard InChI is InChI=1S/C19H12F3N5/c1-23-19-15-13(26-18(27-19)14-9-24-7-8-25-14)6-5-11(17(15)22)10-3-2-4-12(20)16(10)21/h2-9H,1H3,(H,23,26,27). The molecule has 0 aliphatic carbocycles. The van der Waals surface area contributed by atoms with Gasteiger partial charge in [-0.05, 0) is 18.2 Å². The molecule has 0 bridgehead atoms. The molecule has 4 aromatic rings. The van der Waals surface area contributed by atoms with E-state index in [-0.39, 0.29) is 28.2 Å². The minimum atomic E-state index is -1.11. The predicted octanol–water partition coefficient (Wildman–Crippen LogP) is 4.21. The molecule has 0 aliphatic heterocycles. The van der Waals surface area contributed by atoms with Crippen molar-refractivity contribution in [3.63, 3.8) is 0 Å². The number of nitrogens with one attached hydrogen (secondary N) is 1. The van der Waals surface area contributed by atoms with Crippen LogP contribution in [0.15, 0.2) is 48.9 Å². The molecular formula is C19H12F3N5. The largest absolute Gasteiger partial charge is 0.372 e. The maximum Gasteiger partial charge on any atom is 0.182 e. The van der Waals surface area contributed by atoms with Gasteiger partial charge in [0.05, 0.1) is 17.1 Å². The van der Waals surface area contributed by atoms with Gasteiger partial charge in [0.1, 0.15) is 17.3 Å². The maximum atomic E-state index is 15.2. The second-order valence-electron chi connectivity index (χ2n) is 5.66. The van der Waals surface area contributed by atoms with Gasteiger partial charge >= 0.3 is 0 Å². The third-order valence-electron chi connectivity index (χ3n) is 4.07.